The number of hydrogen-bond donors (Lipinski definition) is 1. The Morgan fingerprint density at radius 3 is 2.78 bits per heavy atom. The topological polar surface area (TPSA) is 80.8 Å². The van der Waals surface area contributed by atoms with Crippen LogP contribution in [0.5, 0.6) is 11.5 Å². The lowest BCUT2D eigenvalue weighted by molar-refractivity contribution is -0.121. The molecule has 164 valence electrons. The number of halogens is 1. The van der Waals surface area contributed by atoms with Crippen molar-refractivity contribution in [3.8, 4) is 22.8 Å². The summed E-state index contributed by atoms with van der Waals surface area (Å²) in [6, 6.07) is 12.5. The van der Waals surface area contributed by atoms with Gasteiger partial charge in [-0.3, -0.25) is 9.59 Å². The normalized spacial score (nSPS) is 17.3. The van der Waals surface area contributed by atoms with Gasteiger partial charge in [0, 0.05) is 34.6 Å². The number of rotatable bonds is 4. The van der Waals surface area contributed by atoms with Crippen LogP contribution in [0.15, 0.2) is 47.8 Å². The number of fused-ring (bicyclic) bond motifs is 1. The van der Waals surface area contributed by atoms with E-state index in [9.17, 15) is 9.59 Å². The minimum atomic E-state index is -0.280. The van der Waals surface area contributed by atoms with Crippen LogP contribution in [-0.4, -0.2) is 41.6 Å². The van der Waals surface area contributed by atoms with Crippen LogP contribution in [0.4, 0.5) is 5.13 Å². The second kappa shape index (κ2) is 8.80. The summed E-state index contributed by atoms with van der Waals surface area (Å²) in [7, 11) is 0. The molecule has 0 radical (unpaired) electrons. The molecule has 1 unspecified atom stereocenters. The average molecular weight is 470 g/mol. The van der Waals surface area contributed by atoms with E-state index in [4.69, 9.17) is 21.1 Å². The molecule has 0 bridgehead atoms. The number of amides is 2. The van der Waals surface area contributed by atoms with Gasteiger partial charge >= 0.3 is 0 Å². The average Bonchev–Trinajstić information content (AvgIpc) is 3.48. The summed E-state index contributed by atoms with van der Waals surface area (Å²) < 4.78 is 10.8. The zero-order chi connectivity index (χ0) is 22.1. The van der Waals surface area contributed by atoms with E-state index < -0.39 is 0 Å². The number of aromatic nitrogens is 1. The Balaban J connectivity index is 1.23. The van der Waals surface area contributed by atoms with Crippen LogP contribution in [0.2, 0.25) is 5.02 Å². The predicted octanol–water partition coefficient (Wildman–Crippen LogP) is 4.68. The summed E-state index contributed by atoms with van der Waals surface area (Å²) in [6.45, 7) is 1.24. The van der Waals surface area contributed by atoms with E-state index in [1.54, 1.807) is 29.2 Å². The summed E-state index contributed by atoms with van der Waals surface area (Å²) in [6.07, 6.45) is 1.51. The number of piperidine rings is 1. The minimum absolute atomic E-state index is 0.0847. The van der Waals surface area contributed by atoms with Gasteiger partial charge in [-0.1, -0.05) is 11.6 Å². The number of hydrogen-bond acceptors (Lipinski definition) is 6. The maximum atomic E-state index is 12.9. The molecule has 2 amide bonds. The first-order valence-electron chi connectivity index (χ1n) is 10.3. The molecule has 2 aromatic carbocycles. The third kappa shape index (κ3) is 4.28. The van der Waals surface area contributed by atoms with Gasteiger partial charge in [-0.15, -0.1) is 11.3 Å². The summed E-state index contributed by atoms with van der Waals surface area (Å²) in [5.74, 6) is 0.919. The lowest BCUT2D eigenvalue weighted by Crippen LogP contribution is -2.43. The number of likely N-dealkylation sites (tertiary alicyclic amines) is 1. The zero-order valence-electron chi connectivity index (χ0n) is 17.0. The van der Waals surface area contributed by atoms with Crippen molar-refractivity contribution in [1.82, 2.24) is 9.88 Å². The molecule has 2 aliphatic rings. The summed E-state index contributed by atoms with van der Waals surface area (Å²) in [5, 5.41) is 5.93. The van der Waals surface area contributed by atoms with Crippen LogP contribution in [0.3, 0.4) is 0 Å². The maximum absolute atomic E-state index is 12.9. The van der Waals surface area contributed by atoms with E-state index in [1.165, 1.54) is 11.3 Å². The van der Waals surface area contributed by atoms with Crippen LogP contribution in [0, 0.1) is 5.92 Å². The molecular formula is C23H20ClN3O4S. The quantitative estimate of drug-likeness (QED) is 0.600. The first-order chi connectivity index (χ1) is 15.6. The molecule has 7 nitrogen and oxygen atoms in total. The molecule has 0 aliphatic carbocycles. The van der Waals surface area contributed by atoms with Gasteiger partial charge in [0.25, 0.3) is 5.91 Å². The van der Waals surface area contributed by atoms with E-state index in [0.29, 0.717) is 40.3 Å². The fourth-order valence-corrected chi connectivity index (χ4v) is 4.73. The van der Waals surface area contributed by atoms with Crippen LogP contribution in [-0.2, 0) is 4.79 Å². The molecule has 1 atom stereocenters. The van der Waals surface area contributed by atoms with Gasteiger partial charge in [0.2, 0.25) is 12.7 Å². The van der Waals surface area contributed by atoms with Crippen molar-refractivity contribution in [2.24, 2.45) is 5.92 Å². The van der Waals surface area contributed by atoms with E-state index in [0.717, 1.165) is 24.1 Å². The molecule has 1 aromatic heterocycles. The highest BCUT2D eigenvalue weighted by Gasteiger charge is 2.29. The highest BCUT2D eigenvalue weighted by Crippen LogP contribution is 2.36. The molecule has 1 fully saturated rings. The molecule has 0 saturated carbocycles. The molecule has 3 heterocycles. The minimum Gasteiger partial charge on any atom is -0.454 e. The number of carbonyl (C=O) groups is 2. The SMILES string of the molecule is O=C(Nc1nc(-c2ccc3c(c2)OCO3)cs1)C1CCCN(C(=O)c2ccc(Cl)cc2)C1. The van der Waals surface area contributed by atoms with Crippen LogP contribution in [0.25, 0.3) is 11.3 Å². The van der Waals surface area contributed by atoms with Crippen molar-refractivity contribution in [1.29, 1.82) is 0 Å². The molecule has 3 aromatic rings. The molecule has 0 spiro atoms. The van der Waals surface area contributed by atoms with Crippen molar-refractivity contribution in [2.75, 3.05) is 25.2 Å². The fraction of sp³-hybridized carbons (Fsp3) is 0.261. The second-order valence-electron chi connectivity index (χ2n) is 7.69. The highest BCUT2D eigenvalue weighted by molar-refractivity contribution is 7.14. The van der Waals surface area contributed by atoms with Gasteiger partial charge in [0.05, 0.1) is 11.6 Å². The fourth-order valence-electron chi connectivity index (χ4n) is 3.88. The number of nitrogens with one attached hydrogen (secondary N) is 1. The summed E-state index contributed by atoms with van der Waals surface area (Å²) in [5.41, 5.74) is 2.22. The first-order valence-corrected chi connectivity index (χ1v) is 11.5. The lowest BCUT2D eigenvalue weighted by atomic mass is 9.96. The standard InChI is InChI=1S/C23H20ClN3O4S/c24-17-6-3-14(4-7-17)22(29)27-9-1-2-16(11-27)21(28)26-23-25-18(12-32-23)15-5-8-19-20(10-15)31-13-30-19/h3-8,10,12,16H,1-2,9,11,13H2,(H,25,26,28). The molecular weight excluding hydrogens is 450 g/mol. The smallest absolute Gasteiger partial charge is 0.253 e. The number of nitrogens with zero attached hydrogens (tertiary/aromatic N) is 2. The van der Waals surface area contributed by atoms with Gasteiger partial charge in [-0.05, 0) is 55.3 Å². The second-order valence-corrected chi connectivity index (χ2v) is 8.99. The van der Waals surface area contributed by atoms with Gasteiger partial charge in [0.1, 0.15) is 0 Å². The molecule has 9 heteroatoms. The van der Waals surface area contributed by atoms with Crippen molar-refractivity contribution < 1.29 is 19.1 Å². The van der Waals surface area contributed by atoms with Gasteiger partial charge in [0.15, 0.2) is 16.6 Å². The Labute approximate surface area is 193 Å². The molecule has 2 aliphatic heterocycles. The number of thiazole rings is 1. The monoisotopic (exact) mass is 469 g/mol. The summed E-state index contributed by atoms with van der Waals surface area (Å²) in [4.78, 5) is 32.0. The first kappa shape index (κ1) is 20.8. The Kier molecular flexibility index (Phi) is 5.71. The summed E-state index contributed by atoms with van der Waals surface area (Å²) >= 11 is 7.28. The Bertz CT molecular complexity index is 1160. The number of carbonyl (C=O) groups excluding carboxylic acids is 2. The molecule has 5 rings (SSSR count). The van der Waals surface area contributed by atoms with Crippen molar-refractivity contribution in [3.63, 3.8) is 0 Å². The lowest BCUT2D eigenvalue weighted by Gasteiger charge is -2.32. The Morgan fingerprint density at radius 1 is 1.12 bits per heavy atom. The van der Waals surface area contributed by atoms with Crippen LogP contribution >= 0.6 is 22.9 Å². The van der Waals surface area contributed by atoms with E-state index in [2.05, 4.69) is 10.3 Å². The third-order valence-corrected chi connectivity index (χ3v) is 6.58. The van der Waals surface area contributed by atoms with Crippen molar-refractivity contribution in [2.45, 2.75) is 12.8 Å². The van der Waals surface area contributed by atoms with E-state index >= 15 is 0 Å². The predicted molar refractivity (Wildman–Crippen MR) is 122 cm³/mol. The van der Waals surface area contributed by atoms with Gasteiger partial charge in [-0.25, -0.2) is 4.98 Å². The maximum Gasteiger partial charge on any atom is 0.253 e. The molecule has 1 saturated heterocycles. The van der Waals surface area contributed by atoms with Gasteiger partial charge in [-0.2, -0.15) is 0 Å². The third-order valence-electron chi connectivity index (χ3n) is 5.57. The number of benzene rings is 2. The highest BCUT2D eigenvalue weighted by atomic mass is 35.5. The Morgan fingerprint density at radius 2 is 1.94 bits per heavy atom. The number of anilines is 1. The van der Waals surface area contributed by atoms with Crippen LogP contribution < -0.4 is 14.8 Å². The van der Waals surface area contributed by atoms with Crippen molar-refractivity contribution >= 4 is 39.9 Å². The zero-order valence-corrected chi connectivity index (χ0v) is 18.6. The van der Waals surface area contributed by atoms with Crippen LogP contribution in [0.1, 0.15) is 23.2 Å². The van der Waals surface area contributed by atoms with Gasteiger partial charge < -0.3 is 19.7 Å². The molecule has 1 N–H and O–H groups in total. The largest absolute Gasteiger partial charge is 0.454 e. The van der Waals surface area contributed by atoms with E-state index in [1.807, 2.05) is 23.6 Å². The van der Waals surface area contributed by atoms with Crippen molar-refractivity contribution in [3.05, 3.63) is 58.4 Å². The Hall–Kier alpha value is -3.10. The molecule has 32 heavy (non-hydrogen) atoms. The van der Waals surface area contributed by atoms with E-state index in [-0.39, 0.29) is 24.5 Å². The number of ether oxygens (including phenoxy) is 2.